The van der Waals surface area contributed by atoms with Crippen molar-refractivity contribution in [1.29, 1.82) is 0 Å². The highest BCUT2D eigenvalue weighted by Gasteiger charge is 2.09. The van der Waals surface area contributed by atoms with Gasteiger partial charge in [-0.15, -0.1) is 10.2 Å². The number of aryl methyl sites for hydroxylation is 1. The van der Waals surface area contributed by atoms with E-state index in [2.05, 4.69) is 27.5 Å². The minimum atomic E-state index is 0.197. The molecule has 2 aromatic heterocycles. The van der Waals surface area contributed by atoms with Gasteiger partial charge in [0.15, 0.2) is 0 Å². The molecule has 1 atom stereocenters. The minimum absolute atomic E-state index is 0.197. The second-order valence-electron chi connectivity index (χ2n) is 3.74. The molecule has 86 valence electrons. The van der Waals surface area contributed by atoms with Crippen molar-refractivity contribution in [3.63, 3.8) is 0 Å². The molecule has 0 saturated carbocycles. The van der Waals surface area contributed by atoms with Gasteiger partial charge in [0.05, 0.1) is 12.6 Å². The molecule has 0 spiro atoms. The molecule has 0 amide bonds. The van der Waals surface area contributed by atoms with Crippen LogP contribution in [0.3, 0.4) is 0 Å². The zero-order chi connectivity index (χ0) is 11.4. The van der Waals surface area contributed by atoms with E-state index in [1.54, 1.807) is 12.5 Å². The van der Waals surface area contributed by atoms with Crippen molar-refractivity contribution in [2.24, 2.45) is 7.05 Å². The van der Waals surface area contributed by atoms with E-state index in [1.165, 1.54) is 0 Å². The monoisotopic (exact) mass is 220 g/mol. The van der Waals surface area contributed by atoms with Crippen molar-refractivity contribution >= 4 is 0 Å². The van der Waals surface area contributed by atoms with Crippen LogP contribution in [-0.4, -0.2) is 31.1 Å². The third-order valence-electron chi connectivity index (χ3n) is 2.48. The Kier molecular flexibility index (Phi) is 3.31. The van der Waals surface area contributed by atoms with E-state index >= 15 is 0 Å². The van der Waals surface area contributed by atoms with Crippen LogP contribution in [0, 0.1) is 0 Å². The molecule has 0 saturated heterocycles. The maximum absolute atomic E-state index is 4.14. The SMILES string of the molecule is CC(NCCn1cccn1)c1nncn1C. The van der Waals surface area contributed by atoms with Gasteiger partial charge < -0.3 is 9.88 Å². The third-order valence-corrected chi connectivity index (χ3v) is 2.48. The first kappa shape index (κ1) is 10.8. The van der Waals surface area contributed by atoms with Gasteiger partial charge in [0, 0.05) is 26.0 Å². The zero-order valence-corrected chi connectivity index (χ0v) is 9.54. The summed E-state index contributed by atoms with van der Waals surface area (Å²) in [6.07, 6.45) is 5.45. The normalized spacial score (nSPS) is 12.9. The predicted octanol–water partition coefficient (Wildman–Crippen LogP) is 0.362. The largest absolute Gasteiger partial charge is 0.319 e. The number of hydrogen-bond acceptors (Lipinski definition) is 4. The summed E-state index contributed by atoms with van der Waals surface area (Å²) in [5, 5.41) is 15.4. The van der Waals surface area contributed by atoms with E-state index in [9.17, 15) is 0 Å². The highest BCUT2D eigenvalue weighted by Crippen LogP contribution is 2.06. The Bertz CT molecular complexity index is 418. The fourth-order valence-electron chi connectivity index (χ4n) is 1.60. The third kappa shape index (κ3) is 2.46. The smallest absolute Gasteiger partial charge is 0.149 e. The summed E-state index contributed by atoms with van der Waals surface area (Å²) >= 11 is 0. The van der Waals surface area contributed by atoms with Gasteiger partial charge in [0.1, 0.15) is 12.2 Å². The van der Waals surface area contributed by atoms with E-state index in [1.807, 2.05) is 28.6 Å². The number of nitrogens with one attached hydrogen (secondary N) is 1. The minimum Gasteiger partial charge on any atom is -0.319 e. The molecule has 6 heteroatoms. The molecule has 0 aliphatic heterocycles. The van der Waals surface area contributed by atoms with Crippen molar-refractivity contribution in [3.8, 4) is 0 Å². The lowest BCUT2D eigenvalue weighted by Gasteiger charge is -2.12. The van der Waals surface area contributed by atoms with Gasteiger partial charge in [0.25, 0.3) is 0 Å². The lowest BCUT2D eigenvalue weighted by atomic mass is 10.3. The summed E-state index contributed by atoms with van der Waals surface area (Å²) in [6, 6.07) is 2.12. The van der Waals surface area contributed by atoms with Crippen LogP contribution in [0.15, 0.2) is 24.8 Å². The second kappa shape index (κ2) is 4.89. The van der Waals surface area contributed by atoms with Crippen molar-refractivity contribution in [2.45, 2.75) is 19.5 Å². The van der Waals surface area contributed by atoms with Crippen LogP contribution in [0.2, 0.25) is 0 Å². The van der Waals surface area contributed by atoms with Crippen LogP contribution in [-0.2, 0) is 13.6 Å². The lowest BCUT2D eigenvalue weighted by Crippen LogP contribution is -2.25. The zero-order valence-electron chi connectivity index (χ0n) is 9.54. The van der Waals surface area contributed by atoms with Crippen LogP contribution < -0.4 is 5.32 Å². The van der Waals surface area contributed by atoms with Gasteiger partial charge >= 0.3 is 0 Å². The van der Waals surface area contributed by atoms with Crippen molar-refractivity contribution in [1.82, 2.24) is 29.9 Å². The van der Waals surface area contributed by atoms with Crippen molar-refractivity contribution in [2.75, 3.05) is 6.54 Å². The Labute approximate surface area is 94.3 Å². The Morgan fingerprint density at radius 2 is 2.38 bits per heavy atom. The number of rotatable bonds is 5. The topological polar surface area (TPSA) is 60.6 Å². The van der Waals surface area contributed by atoms with E-state index in [-0.39, 0.29) is 6.04 Å². The van der Waals surface area contributed by atoms with E-state index in [0.717, 1.165) is 18.9 Å². The van der Waals surface area contributed by atoms with Crippen LogP contribution in [0.1, 0.15) is 18.8 Å². The first-order valence-electron chi connectivity index (χ1n) is 5.32. The standard InChI is InChI=1S/C10H16N6/c1-9(10-14-12-8-15(10)2)11-5-7-16-6-3-4-13-16/h3-4,6,8-9,11H,5,7H2,1-2H3. The van der Waals surface area contributed by atoms with Gasteiger partial charge in [-0.3, -0.25) is 4.68 Å². The van der Waals surface area contributed by atoms with E-state index in [4.69, 9.17) is 0 Å². The van der Waals surface area contributed by atoms with Gasteiger partial charge in [-0.05, 0) is 13.0 Å². The molecule has 2 aromatic rings. The molecule has 0 aromatic carbocycles. The van der Waals surface area contributed by atoms with Gasteiger partial charge in [-0.1, -0.05) is 0 Å². The number of hydrogen-bond donors (Lipinski definition) is 1. The van der Waals surface area contributed by atoms with Crippen LogP contribution in [0.5, 0.6) is 0 Å². The second-order valence-corrected chi connectivity index (χ2v) is 3.74. The molecule has 0 bridgehead atoms. The molecule has 6 nitrogen and oxygen atoms in total. The van der Waals surface area contributed by atoms with Crippen molar-refractivity contribution < 1.29 is 0 Å². The molecule has 0 aliphatic carbocycles. The Morgan fingerprint density at radius 1 is 1.50 bits per heavy atom. The fourth-order valence-corrected chi connectivity index (χ4v) is 1.60. The first-order valence-corrected chi connectivity index (χ1v) is 5.32. The maximum atomic E-state index is 4.14. The van der Waals surface area contributed by atoms with Gasteiger partial charge in [0.2, 0.25) is 0 Å². The van der Waals surface area contributed by atoms with Crippen molar-refractivity contribution in [3.05, 3.63) is 30.6 Å². The number of nitrogens with zero attached hydrogens (tertiary/aromatic N) is 5. The predicted molar refractivity (Wildman–Crippen MR) is 59.6 cm³/mol. The summed E-state index contributed by atoms with van der Waals surface area (Å²) in [4.78, 5) is 0. The maximum Gasteiger partial charge on any atom is 0.149 e. The molecule has 0 fully saturated rings. The van der Waals surface area contributed by atoms with E-state index < -0.39 is 0 Å². The summed E-state index contributed by atoms with van der Waals surface area (Å²) in [6.45, 7) is 3.79. The number of aromatic nitrogens is 5. The Balaban J connectivity index is 1.80. The molecule has 1 N–H and O–H groups in total. The fraction of sp³-hybridized carbons (Fsp3) is 0.500. The summed E-state index contributed by atoms with van der Waals surface area (Å²) in [5.74, 6) is 0.945. The highest BCUT2D eigenvalue weighted by atomic mass is 15.3. The lowest BCUT2D eigenvalue weighted by molar-refractivity contribution is 0.484. The molecule has 1 unspecified atom stereocenters. The quantitative estimate of drug-likeness (QED) is 0.790. The first-order chi connectivity index (χ1) is 7.77. The Morgan fingerprint density at radius 3 is 3.00 bits per heavy atom. The average Bonchev–Trinajstić information content (AvgIpc) is 2.88. The van der Waals surface area contributed by atoms with Gasteiger partial charge in [-0.2, -0.15) is 5.10 Å². The molecule has 16 heavy (non-hydrogen) atoms. The molecule has 0 radical (unpaired) electrons. The van der Waals surface area contributed by atoms with Crippen LogP contribution in [0.25, 0.3) is 0 Å². The average molecular weight is 220 g/mol. The highest BCUT2D eigenvalue weighted by molar-refractivity contribution is 4.91. The summed E-state index contributed by atoms with van der Waals surface area (Å²) in [7, 11) is 1.95. The summed E-state index contributed by atoms with van der Waals surface area (Å²) < 4.78 is 3.82. The van der Waals surface area contributed by atoms with Crippen LogP contribution in [0.4, 0.5) is 0 Å². The summed E-state index contributed by atoms with van der Waals surface area (Å²) in [5.41, 5.74) is 0. The Hall–Kier alpha value is -1.69. The molecular formula is C10H16N6. The molecule has 2 rings (SSSR count). The molecule has 0 aliphatic rings. The van der Waals surface area contributed by atoms with E-state index in [0.29, 0.717) is 0 Å². The molecular weight excluding hydrogens is 204 g/mol. The van der Waals surface area contributed by atoms with Crippen LogP contribution >= 0.6 is 0 Å². The van der Waals surface area contributed by atoms with Gasteiger partial charge in [-0.25, -0.2) is 0 Å². The molecule has 2 heterocycles.